The van der Waals surface area contributed by atoms with Gasteiger partial charge in [-0.2, -0.15) is 0 Å². The van der Waals surface area contributed by atoms with Crippen LogP contribution in [0.15, 0.2) is 17.2 Å². The number of amides is 1. The monoisotopic (exact) mass is 522 g/mol. The second kappa shape index (κ2) is 10.7. The summed E-state index contributed by atoms with van der Waals surface area (Å²) in [6, 6.07) is 1.85. The van der Waals surface area contributed by atoms with E-state index in [1.807, 2.05) is 27.7 Å². The first-order valence-corrected chi connectivity index (χ1v) is 13.2. The zero-order valence-electron chi connectivity index (χ0n) is 22.6. The van der Waals surface area contributed by atoms with E-state index in [0.717, 1.165) is 30.4 Å². The van der Waals surface area contributed by atoms with Crippen molar-refractivity contribution in [3.8, 4) is 0 Å². The first-order chi connectivity index (χ1) is 16.6. The molecule has 2 N–H and O–H groups in total. The van der Waals surface area contributed by atoms with Gasteiger partial charge in [0.25, 0.3) is 0 Å². The maximum Gasteiger partial charge on any atom is 0.410 e. The second-order valence-corrected chi connectivity index (χ2v) is 12.1. The minimum absolute atomic E-state index is 0.100. The maximum atomic E-state index is 15.4. The fraction of sp³-hybridized carbons (Fsp3) is 0.654. The third-order valence-corrected chi connectivity index (χ3v) is 7.50. The van der Waals surface area contributed by atoms with Gasteiger partial charge in [0, 0.05) is 37.4 Å². The summed E-state index contributed by atoms with van der Waals surface area (Å²) in [6.45, 7) is 15.6. The summed E-state index contributed by atoms with van der Waals surface area (Å²) in [5.74, 6) is -0.0110. The molecule has 0 bridgehead atoms. The summed E-state index contributed by atoms with van der Waals surface area (Å²) < 4.78 is 26.7. The number of carbonyl (C=O) groups excluding carboxylic acids is 1. The number of ether oxygens (including phenoxy) is 1. The molecule has 2 aromatic rings. The summed E-state index contributed by atoms with van der Waals surface area (Å²) in [7, 11) is 0. The molecule has 0 saturated carbocycles. The van der Waals surface area contributed by atoms with E-state index < -0.39 is 22.6 Å². The van der Waals surface area contributed by atoms with Crippen LogP contribution in [0.1, 0.15) is 73.8 Å². The van der Waals surface area contributed by atoms with E-state index >= 15 is 4.39 Å². The molecule has 0 atom stereocenters. The van der Waals surface area contributed by atoms with E-state index in [1.165, 1.54) is 6.20 Å². The summed E-state index contributed by atoms with van der Waals surface area (Å²) in [5.41, 5.74) is -1.08. The Kier molecular flexibility index (Phi) is 8.42. The molecular formula is C26H39FN4O4S. The number of nitrogens with zero attached hydrogens (tertiary/aromatic N) is 3. The number of fused-ring (bicyclic) bond motifs is 1. The molecule has 2 heterocycles. The molecule has 1 aromatic heterocycles. The lowest BCUT2D eigenvalue weighted by atomic mass is 9.90. The molecule has 3 rings (SSSR count). The van der Waals surface area contributed by atoms with Crippen molar-refractivity contribution in [1.82, 2.24) is 14.9 Å². The molecule has 36 heavy (non-hydrogen) atoms. The second-order valence-electron chi connectivity index (χ2n) is 11.3. The molecule has 200 valence electrons. The number of aromatic nitrogens is 2. The number of carbonyl (C=O) groups is 1. The number of likely N-dealkylation sites (tertiary alicyclic amines) is 1. The fourth-order valence-corrected chi connectivity index (χ4v) is 4.45. The maximum absolute atomic E-state index is 15.4. The number of aliphatic hydroxyl groups is 1. The molecule has 1 fully saturated rings. The zero-order chi connectivity index (χ0) is 26.9. The molecule has 1 aliphatic heterocycles. The van der Waals surface area contributed by atoms with Gasteiger partial charge in [-0.05, 0) is 79.4 Å². The minimum Gasteiger partial charge on any atom is -0.444 e. The number of hydrogen-bond donors (Lipinski definition) is 2. The summed E-state index contributed by atoms with van der Waals surface area (Å²) in [6.07, 6.45) is 3.33. The van der Waals surface area contributed by atoms with Crippen LogP contribution in [0, 0.1) is 5.82 Å². The standard InChI is InChI=1S/C26H39FN4O4S/c1-9-16-14-19(36-35-26(7,8)25(5,6)33)20(27)18-15-28-22(30-21(16)18)29-17-10-12-31(13-11-17)23(32)34-24(2,3)4/h14-15,17,33H,9-13H2,1-8H3,(H,28,29,30). The van der Waals surface area contributed by atoms with E-state index in [9.17, 15) is 9.90 Å². The number of piperidine rings is 1. The Hall–Kier alpha value is -2.17. The summed E-state index contributed by atoms with van der Waals surface area (Å²) in [5, 5.41) is 14.0. The predicted octanol–water partition coefficient (Wildman–Crippen LogP) is 5.72. The topological polar surface area (TPSA) is 96.8 Å². The van der Waals surface area contributed by atoms with Crippen molar-refractivity contribution in [3.05, 3.63) is 23.6 Å². The van der Waals surface area contributed by atoms with Crippen LogP contribution < -0.4 is 5.32 Å². The van der Waals surface area contributed by atoms with Crippen molar-refractivity contribution in [2.45, 2.75) is 102 Å². The lowest BCUT2D eigenvalue weighted by Crippen LogP contribution is -2.45. The molecule has 1 aromatic carbocycles. The van der Waals surface area contributed by atoms with Gasteiger partial charge in [-0.25, -0.2) is 19.2 Å². The highest BCUT2D eigenvalue weighted by Crippen LogP contribution is 2.37. The van der Waals surface area contributed by atoms with Crippen molar-refractivity contribution < 1.29 is 23.2 Å². The SMILES string of the molecule is CCc1cc(SOC(C)(C)C(C)(C)O)c(F)c2cnc(NC3CCN(C(=O)OC(C)(C)C)CC3)nc12. The largest absolute Gasteiger partial charge is 0.444 e. The van der Waals surface area contributed by atoms with Crippen molar-refractivity contribution in [2.24, 2.45) is 0 Å². The van der Waals surface area contributed by atoms with Crippen LogP contribution in [0.4, 0.5) is 15.1 Å². The Labute approximate surface area is 217 Å². The first kappa shape index (κ1) is 28.4. The summed E-state index contributed by atoms with van der Waals surface area (Å²) in [4.78, 5) is 23.4. The zero-order valence-corrected chi connectivity index (χ0v) is 23.4. The van der Waals surface area contributed by atoms with E-state index in [2.05, 4.69) is 15.3 Å². The van der Waals surface area contributed by atoms with Gasteiger partial charge >= 0.3 is 6.09 Å². The predicted molar refractivity (Wildman–Crippen MR) is 141 cm³/mol. The third kappa shape index (κ3) is 6.77. The Balaban J connectivity index is 1.72. The van der Waals surface area contributed by atoms with Crippen molar-refractivity contribution in [2.75, 3.05) is 18.4 Å². The Morgan fingerprint density at radius 1 is 1.22 bits per heavy atom. The van der Waals surface area contributed by atoms with Gasteiger partial charge in [0.05, 0.1) is 21.4 Å². The number of nitrogens with one attached hydrogen (secondary N) is 1. The quantitative estimate of drug-likeness (QED) is 0.446. The Morgan fingerprint density at radius 2 is 1.86 bits per heavy atom. The van der Waals surface area contributed by atoms with Crippen LogP contribution in [0.3, 0.4) is 0 Å². The van der Waals surface area contributed by atoms with Crippen molar-refractivity contribution >= 4 is 35.0 Å². The van der Waals surface area contributed by atoms with Crippen LogP contribution in [0.5, 0.6) is 0 Å². The van der Waals surface area contributed by atoms with E-state index in [4.69, 9.17) is 8.92 Å². The van der Waals surface area contributed by atoms with Gasteiger partial charge in [-0.15, -0.1) is 0 Å². The van der Waals surface area contributed by atoms with Crippen LogP contribution in [0.25, 0.3) is 10.9 Å². The number of benzene rings is 1. The highest BCUT2D eigenvalue weighted by Gasteiger charge is 2.37. The lowest BCUT2D eigenvalue weighted by molar-refractivity contribution is -0.0814. The van der Waals surface area contributed by atoms with Gasteiger partial charge in [-0.1, -0.05) is 6.92 Å². The van der Waals surface area contributed by atoms with Gasteiger partial charge in [-0.3, -0.25) is 0 Å². The highest BCUT2D eigenvalue weighted by atomic mass is 32.2. The summed E-state index contributed by atoms with van der Waals surface area (Å²) >= 11 is 0.915. The molecule has 1 saturated heterocycles. The van der Waals surface area contributed by atoms with Gasteiger partial charge in [0.1, 0.15) is 17.0 Å². The minimum atomic E-state index is -1.10. The van der Waals surface area contributed by atoms with E-state index in [-0.39, 0.29) is 12.1 Å². The lowest BCUT2D eigenvalue weighted by Gasteiger charge is -2.35. The average Bonchev–Trinajstić information content (AvgIpc) is 2.77. The van der Waals surface area contributed by atoms with Crippen molar-refractivity contribution in [1.29, 1.82) is 0 Å². The number of anilines is 1. The number of aryl methyl sites for hydroxylation is 1. The molecule has 1 aliphatic rings. The van der Waals surface area contributed by atoms with Gasteiger partial charge < -0.3 is 24.2 Å². The third-order valence-electron chi connectivity index (χ3n) is 6.52. The molecule has 0 unspecified atom stereocenters. The smallest absolute Gasteiger partial charge is 0.410 e. The first-order valence-electron chi connectivity index (χ1n) is 12.4. The molecule has 10 heteroatoms. The normalized spacial score (nSPS) is 15.9. The number of rotatable bonds is 7. The van der Waals surface area contributed by atoms with E-state index in [0.29, 0.717) is 41.3 Å². The molecule has 1 amide bonds. The molecular weight excluding hydrogens is 483 g/mol. The fourth-order valence-electron chi connectivity index (χ4n) is 3.58. The van der Waals surface area contributed by atoms with Crippen LogP contribution in [0.2, 0.25) is 0 Å². The van der Waals surface area contributed by atoms with E-state index in [1.54, 1.807) is 38.7 Å². The number of hydrogen-bond acceptors (Lipinski definition) is 8. The molecule has 0 aliphatic carbocycles. The van der Waals surface area contributed by atoms with Crippen LogP contribution in [-0.4, -0.2) is 62.0 Å². The number of halogens is 1. The van der Waals surface area contributed by atoms with Gasteiger partial charge in [0.2, 0.25) is 5.95 Å². The van der Waals surface area contributed by atoms with Crippen LogP contribution >= 0.6 is 12.0 Å². The molecule has 8 nitrogen and oxygen atoms in total. The Bertz CT molecular complexity index is 1090. The van der Waals surface area contributed by atoms with Gasteiger partial charge in [0.15, 0.2) is 0 Å². The van der Waals surface area contributed by atoms with Crippen molar-refractivity contribution in [3.63, 3.8) is 0 Å². The molecule has 0 radical (unpaired) electrons. The highest BCUT2D eigenvalue weighted by molar-refractivity contribution is 7.94. The van der Waals surface area contributed by atoms with Crippen LogP contribution in [-0.2, 0) is 15.3 Å². The molecule has 0 spiro atoms. The average molecular weight is 523 g/mol. The Morgan fingerprint density at radius 3 is 2.42 bits per heavy atom.